The number of hydrogen-bond donors (Lipinski definition) is 2. The maximum absolute atomic E-state index is 11.7. The maximum Gasteiger partial charge on any atom is 0.220 e. The Hall–Kier alpha value is -0.570. The zero-order chi connectivity index (χ0) is 12.8. The third kappa shape index (κ3) is 5.53. The van der Waals surface area contributed by atoms with Crippen molar-refractivity contribution in [2.75, 3.05) is 6.54 Å². The highest BCUT2D eigenvalue weighted by atomic mass is 16.3. The van der Waals surface area contributed by atoms with Crippen LogP contribution in [-0.4, -0.2) is 23.7 Å². The van der Waals surface area contributed by atoms with E-state index in [9.17, 15) is 9.90 Å². The van der Waals surface area contributed by atoms with Crippen LogP contribution in [0.15, 0.2) is 0 Å². The Balaban J connectivity index is 2.16. The number of aliphatic hydroxyl groups excluding tert-OH is 1. The first-order chi connectivity index (χ1) is 7.99. The monoisotopic (exact) mass is 241 g/mol. The van der Waals surface area contributed by atoms with E-state index in [0.717, 1.165) is 25.7 Å². The fourth-order valence-corrected chi connectivity index (χ4v) is 2.78. The average Bonchev–Trinajstić information content (AvgIpc) is 2.59. The van der Waals surface area contributed by atoms with Crippen molar-refractivity contribution >= 4 is 5.91 Å². The van der Waals surface area contributed by atoms with Crippen molar-refractivity contribution < 1.29 is 9.90 Å². The van der Waals surface area contributed by atoms with Crippen LogP contribution >= 0.6 is 0 Å². The summed E-state index contributed by atoms with van der Waals surface area (Å²) in [5.41, 5.74) is 0. The van der Waals surface area contributed by atoms with Crippen LogP contribution in [0.25, 0.3) is 0 Å². The minimum absolute atomic E-state index is 0.136. The lowest BCUT2D eigenvalue weighted by molar-refractivity contribution is -0.122. The number of rotatable bonds is 6. The van der Waals surface area contributed by atoms with Crippen molar-refractivity contribution in [3.63, 3.8) is 0 Å². The molecule has 0 aliphatic heterocycles. The molecule has 1 fully saturated rings. The molecule has 3 nitrogen and oxygen atoms in total. The topological polar surface area (TPSA) is 49.3 Å². The fourth-order valence-electron chi connectivity index (χ4n) is 2.78. The van der Waals surface area contributed by atoms with Gasteiger partial charge in [0.05, 0.1) is 6.10 Å². The van der Waals surface area contributed by atoms with E-state index >= 15 is 0 Å². The summed E-state index contributed by atoms with van der Waals surface area (Å²) in [5, 5.41) is 12.6. The third-order valence-corrected chi connectivity index (χ3v) is 3.59. The van der Waals surface area contributed by atoms with E-state index in [1.54, 1.807) is 0 Å². The molecule has 1 aliphatic carbocycles. The van der Waals surface area contributed by atoms with Gasteiger partial charge in [0.25, 0.3) is 0 Å². The van der Waals surface area contributed by atoms with E-state index in [-0.39, 0.29) is 17.9 Å². The highest BCUT2D eigenvalue weighted by molar-refractivity contribution is 5.76. The summed E-state index contributed by atoms with van der Waals surface area (Å²) >= 11 is 0. The number of carbonyl (C=O) groups excluding carboxylic acids is 1. The molecule has 0 saturated heterocycles. The van der Waals surface area contributed by atoms with Gasteiger partial charge < -0.3 is 10.4 Å². The van der Waals surface area contributed by atoms with Crippen molar-refractivity contribution in [2.45, 2.75) is 59.0 Å². The quantitative estimate of drug-likeness (QED) is 0.750. The molecule has 3 heteroatoms. The second kappa shape index (κ2) is 7.00. The summed E-state index contributed by atoms with van der Waals surface area (Å²) in [6, 6.07) is 0. The molecule has 0 heterocycles. The number of nitrogens with one attached hydrogen (secondary N) is 1. The molecule has 1 rings (SSSR count). The van der Waals surface area contributed by atoms with E-state index in [0.29, 0.717) is 24.8 Å². The summed E-state index contributed by atoms with van der Waals surface area (Å²) in [5.74, 6) is 1.51. The lowest BCUT2D eigenvalue weighted by atomic mass is 9.95. The molecule has 0 radical (unpaired) electrons. The average molecular weight is 241 g/mol. The van der Waals surface area contributed by atoms with Gasteiger partial charge in [-0.15, -0.1) is 0 Å². The molecule has 0 aromatic carbocycles. The van der Waals surface area contributed by atoms with Gasteiger partial charge in [0.2, 0.25) is 5.91 Å². The standard InChI is InChI=1S/C14H27NO2/c1-10(2)7-11(3)8-14(17)15-9-12-5-4-6-13(12)16/h10-13,16H,4-9H2,1-3H3,(H,15,17). The summed E-state index contributed by atoms with van der Waals surface area (Å²) in [6.45, 7) is 7.14. The van der Waals surface area contributed by atoms with Gasteiger partial charge in [-0.2, -0.15) is 0 Å². The van der Waals surface area contributed by atoms with Gasteiger partial charge in [-0.3, -0.25) is 4.79 Å². The van der Waals surface area contributed by atoms with Gasteiger partial charge >= 0.3 is 0 Å². The summed E-state index contributed by atoms with van der Waals surface area (Å²) < 4.78 is 0. The summed E-state index contributed by atoms with van der Waals surface area (Å²) in [7, 11) is 0. The molecular formula is C14H27NO2. The molecular weight excluding hydrogens is 214 g/mol. The highest BCUT2D eigenvalue weighted by Gasteiger charge is 2.25. The van der Waals surface area contributed by atoms with Crippen LogP contribution in [0.1, 0.15) is 52.9 Å². The number of aliphatic hydroxyl groups is 1. The SMILES string of the molecule is CC(C)CC(C)CC(=O)NCC1CCCC1O. The first-order valence-corrected chi connectivity index (χ1v) is 6.93. The van der Waals surface area contributed by atoms with Crippen LogP contribution < -0.4 is 5.32 Å². The Labute approximate surface area is 105 Å². The van der Waals surface area contributed by atoms with Gasteiger partial charge in [0.15, 0.2) is 0 Å². The lowest BCUT2D eigenvalue weighted by Crippen LogP contribution is -2.33. The van der Waals surface area contributed by atoms with Crippen LogP contribution in [0.3, 0.4) is 0 Å². The van der Waals surface area contributed by atoms with Gasteiger partial charge in [0, 0.05) is 18.9 Å². The van der Waals surface area contributed by atoms with E-state index in [1.165, 1.54) is 0 Å². The van der Waals surface area contributed by atoms with Crippen molar-refractivity contribution in [3.05, 3.63) is 0 Å². The van der Waals surface area contributed by atoms with Gasteiger partial charge in [-0.1, -0.05) is 27.2 Å². The van der Waals surface area contributed by atoms with Crippen LogP contribution in [0.2, 0.25) is 0 Å². The smallest absolute Gasteiger partial charge is 0.220 e. The Bertz CT molecular complexity index is 240. The van der Waals surface area contributed by atoms with Crippen LogP contribution in [-0.2, 0) is 4.79 Å². The number of amides is 1. The molecule has 0 aromatic heterocycles. The molecule has 1 amide bonds. The van der Waals surface area contributed by atoms with E-state index < -0.39 is 0 Å². The second-order valence-electron chi connectivity index (χ2n) is 6.00. The zero-order valence-corrected chi connectivity index (χ0v) is 11.4. The van der Waals surface area contributed by atoms with Crippen molar-refractivity contribution in [1.29, 1.82) is 0 Å². The fraction of sp³-hybridized carbons (Fsp3) is 0.929. The van der Waals surface area contributed by atoms with Crippen molar-refractivity contribution in [2.24, 2.45) is 17.8 Å². The molecule has 0 bridgehead atoms. The molecule has 17 heavy (non-hydrogen) atoms. The second-order valence-corrected chi connectivity index (χ2v) is 6.00. The van der Waals surface area contributed by atoms with E-state index in [4.69, 9.17) is 0 Å². The summed E-state index contributed by atoms with van der Waals surface area (Å²) in [4.78, 5) is 11.7. The Morgan fingerprint density at radius 2 is 2.06 bits per heavy atom. The zero-order valence-electron chi connectivity index (χ0n) is 11.4. The lowest BCUT2D eigenvalue weighted by Gasteiger charge is -2.17. The molecule has 3 atom stereocenters. The van der Waals surface area contributed by atoms with Crippen molar-refractivity contribution in [3.8, 4) is 0 Å². The molecule has 1 aliphatic rings. The minimum Gasteiger partial charge on any atom is -0.393 e. The van der Waals surface area contributed by atoms with Crippen LogP contribution in [0.4, 0.5) is 0 Å². The number of carbonyl (C=O) groups is 1. The molecule has 1 saturated carbocycles. The predicted octanol–water partition coefficient (Wildman–Crippen LogP) is 2.34. The largest absolute Gasteiger partial charge is 0.393 e. The van der Waals surface area contributed by atoms with E-state index in [2.05, 4.69) is 26.1 Å². The molecule has 3 unspecified atom stereocenters. The van der Waals surface area contributed by atoms with Gasteiger partial charge in [-0.05, 0) is 31.1 Å². The molecule has 0 spiro atoms. The molecule has 2 N–H and O–H groups in total. The van der Waals surface area contributed by atoms with E-state index in [1.807, 2.05) is 0 Å². The first-order valence-electron chi connectivity index (χ1n) is 6.93. The highest BCUT2D eigenvalue weighted by Crippen LogP contribution is 2.24. The Morgan fingerprint density at radius 1 is 1.35 bits per heavy atom. The minimum atomic E-state index is -0.205. The number of hydrogen-bond acceptors (Lipinski definition) is 2. The molecule has 0 aromatic rings. The van der Waals surface area contributed by atoms with Crippen LogP contribution in [0.5, 0.6) is 0 Å². The molecule has 100 valence electrons. The Kier molecular flexibility index (Phi) is 5.96. The van der Waals surface area contributed by atoms with Crippen molar-refractivity contribution in [1.82, 2.24) is 5.32 Å². The van der Waals surface area contributed by atoms with Crippen LogP contribution in [0, 0.1) is 17.8 Å². The van der Waals surface area contributed by atoms with Gasteiger partial charge in [0.1, 0.15) is 0 Å². The van der Waals surface area contributed by atoms with Gasteiger partial charge in [-0.25, -0.2) is 0 Å². The normalized spacial score (nSPS) is 26.2. The third-order valence-electron chi connectivity index (χ3n) is 3.59. The summed E-state index contributed by atoms with van der Waals surface area (Å²) in [6.07, 6.45) is 4.53. The first kappa shape index (κ1) is 14.5. The maximum atomic E-state index is 11.7. The predicted molar refractivity (Wildman–Crippen MR) is 69.6 cm³/mol. The Morgan fingerprint density at radius 3 is 2.59 bits per heavy atom.